The van der Waals surface area contributed by atoms with Crippen LogP contribution in [-0.4, -0.2) is 43.2 Å². The van der Waals surface area contributed by atoms with Crippen LogP contribution in [0, 0.1) is 12.8 Å². The molecule has 1 N–H and O–H groups in total. The summed E-state index contributed by atoms with van der Waals surface area (Å²) in [5.74, 6) is 0.507. The molecule has 0 radical (unpaired) electrons. The summed E-state index contributed by atoms with van der Waals surface area (Å²) in [5, 5.41) is 3.94. The van der Waals surface area contributed by atoms with Crippen molar-refractivity contribution in [2.24, 2.45) is 5.92 Å². The molecule has 2 amide bonds. The number of aryl methyl sites for hydroxylation is 1. The molecule has 0 saturated carbocycles. The van der Waals surface area contributed by atoms with Crippen LogP contribution in [0.2, 0.25) is 5.02 Å². The van der Waals surface area contributed by atoms with Gasteiger partial charge in [-0.2, -0.15) is 0 Å². The maximum atomic E-state index is 12.4. The van der Waals surface area contributed by atoms with E-state index in [0.717, 1.165) is 50.5 Å². The quantitative estimate of drug-likeness (QED) is 0.893. The Bertz CT molecular complexity index is 592. The van der Waals surface area contributed by atoms with Crippen LogP contribution in [-0.2, 0) is 0 Å². The van der Waals surface area contributed by atoms with Crippen LogP contribution in [0.15, 0.2) is 18.2 Å². The molecule has 4 nitrogen and oxygen atoms in total. The number of benzene rings is 1. The van der Waals surface area contributed by atoms with E-state index < -0.39 is 0 Å². The van der Waals surface area contributed by atoms with Gasteiger partial charge in [-0.3, -0.25) is 0 Å². The second-order valence-electron chi connectivity index (χ2n) is 7.26. The SMILES string of the molecule is Cc1ccc(Cl)cc1N1CCC(CNC(=O)N2CCCCC2C)C1. The number of anilines is 1. The van der Waals surface area contributed by atoms with E-state index in [1.165, 1.54) is 17.7 Å². The number of nitrogens with zero attached hydrogens (tertiary/aromatic N) is 2. The van der Waals surface area contributed by atoms with Gasteiger partial charge >= 0.3 is 6.03 Å². The predicted molar refractivity (Wildman–Crippen MR) is 99.9 cm³/mol. The summed E-state index contributed by atoms with van der Waals surface area (Å²) in [5.41, 5.74) is 2.48. The number of rotatable bonds is 3. The molecule has 2 aliphatic rings. The standard InChI is InChI=1S/C19H28ClN3O/c1-14-6-7-17(20)11-18(14)22-10-8-16(13-22)12-21-19(24)23-9-4-3-5-15(23)2/h6-7,11,15-16H,3-5,8-10,12-13H2,1-2H3,(H,21,24). The number of amides is 2. The number of carbonyl (C=O) groups excluding carboxylic acids is 1. The summed E-state index contributed by atoms with van der Waals surface area (Å²) in [6.45, 7) is 7.94. The highest BCUT2D eigenvalue weighted by atomic mass is 35.5. The van der Waals surface area contributed by atoms with Crippen molar-refractivity contribution in [1.29, 1.82) is 0 Å². The minimum atomic E-state index is 0.111. The van der Waals surface area contributed by atoms with Crippen LogP contribution in [0.5, 0.6) is 0 Å². The van der Waals surface area contributed by atoms with Gasteiger partial charge in [0.05, 0.1) is 0 Å². The molecule has 132 valence electrons. The molecule has 2 heterocycles. The maximum absolute atomic E-state index is 12.4. The third-order valence-electron chi connectivity index (χ3n) is 5.40. The number of hydrogen-bond donors (Lipinski definition) is 1. The van der Waals surface area contributed by atoms with Crippen molar-refractivity contribution in [2.75, 3.05) is 31.1 Å². The van der Waals surface area contributed by atoms with E-state index in [2.05, 4.69) is 30.1 Å². The average molecular weight is 350 g/mol. The van der Waals surface area contributed by atoms with Crippen molar-refractivity contribution in [3.63, 3.8) is 0 Å². The number of hydrogen-bond acceptors (Lipinski definition) is 2. The second-order valence-corrected chi connectivity index (χ2v) is 7.69. The largest absolute Gasteiger partial charge is 0.371 e. The van der Waals surface area contributed by atoms with E-state index in [-0.39, 0.29) is 6.03 Å². The zero-order chi connectivity index (χ0) is 17.1. The number of halogens is 1. The fraction of sp³-hybridized carbons (Fsp3) is 0.632. The van der Waals surface area contributed by atoms with Crippen molar-refractivity contribution in [2.45, 2.75) is 45.6 Å². The van der Waals surface area contributed by atoms with Crippen LogP contribution in [0.4, 0.5) is 10.5 Å². The van der Waals surface area contributed by atoms with Crippen LogP contribution < -0.4 is 10.2 Å². The summed E-state index contributed by atoms with van der Waals surface area (Å²) in [6.07, 6.45) is 4.60. The Morgan fingerprint density at radius 2 is 2.12 bits per heavy atom. The molecule has 24 heavy (non-hydrogen) atoms. The Hall–Kier alpha value is -1.42. The van der Waals surface area contributed by atoms with Gasteiger partial charge in [-0.05, 0) is 63.1 Å². The average Bonchev–Trinajstić information content (AvgIpc) is 3.04. The van der Waals surface area contributed by atoms with Gasteiger partial charge in [0.25, 0.3) is 0 Å². The number of urea groups is 1. The number of carbonyl (C=O) groups is 1. The Kier molecular flexibility index (Phi) is 5.54. The molecule has 2 atom stereocenters. The molecule has 1 aromatic carbocycles. The lowest BCUT2D eigenvalue weighted by atomic mass is 10.0. The summed E-state index contributed by atoms with van der Waals surface area (Å²) >= 11 is 6.14. The van der Waals surface area contributed by atoms with Gasteiger partial charge < -0.3 is 15.1 Å². The van der Waals surface area contributed by atoms with Crippen molar-refractivity contribution >= 4 is 23.3 Å². The van der Waals surface area contributed by atoms with E-state index in [0.29, 0.717) is 12.0 Å². The van der Waals surface area contributed by atoms with Crippen molar-refractivity contribution in [1.82, 2.24) is 10.2 Å². The Morgan fingerprint density at radius 3 is 2.92 bits per heavy atom. The normalized spacial score (nSPS) is 24.3. The van der Waals surface area contributed by atoms with Gasteiger partial charge in [-0.25, -0.2) is 4.79 Å². The summed E-state index contributed by atoms with van der Waals surface area (Å²) in [7, 11) is 0. The van der Waals surface area contributed by atoms with Crippen molar-refractivity contribution < 1.29 is 4.79 Å². The third-order valence-corrected chi connectivity index (χ3v) is 5.64. The van der Waals surface area contributed by atoms with Gasteiger partial charge in [-0.15, -0.1) is 0 Å². The lowest BCUT2D eigenvalue weighted by Crippen LogP contribution is -2.48. The monoisotopic (exact) mass is 349 g/mol. The van der Waals surface area contributed by atoms with E-state index in [1.807, 2.05) is 17.0 Å². The van der Waals surface area contributed by atoms with E-state index in [1.54, 1.807) is 0 Å². The molecule has 0 aromatic heterocycles. The molecule has 3 rings (SSSR count). The fourth-order valence-electron chi connectivity index (χ4n) is 3.87. The van der Waals surface area contributed by atoms with E-state index in [4.69, 9.17) is 11.6 Å². The highest BCUT2D eigenvalue weighted by Crippen LogP contribution is 2.29. The van der Waals surface area contributed by atoms with Gasteiger partial charge in [0, 0.05) is 42.9 Å². The smallest absolute Gasteiger partial charge is 0.317 e. The molecule has 2 unspecified atom stereocenters. The minimum Gasteiger partial charge on any atom is -0.371 e. The zero-order valence-electron chi connectivity index (χ0n) is 14.7. The lowest BCUT2D eigenvalue weighted by Gasteiger charge is -2.33. The van der Waals surface area contributed by atoms with Gasteiger partial charge in [0.1, 0.15) is 0 Å². The Morgan fingerprint density at radius 1 is 1.29 bits per heavy atom. The molecule has 2 aliphatic heterocycles. The topological polar surface area (TPSA) is 35.6 Å². The van der Waals surface area contributed by atoms with Gasteiger partial charge in [-0.1, -0.05) is 17.7 Å². The third kappa shape index (κ3) is 3.97. The first-order valence-corrected chi connectivity index (χ1v) is 9.48. The molecule has 0 spiro atoms. The molecular weight excluding hydrogens is 322 g/mol. The zero-order valence-corrected chi connectivity index (χ0v) is 15.5. The first-order valence-electron chi connectivity index (χ1n) is 9.10. The summed E-state index contributed by atoms with van der Waals surface area (Å²) in [6, 6.07) is 6.54. The molecule has 2 saturated heterocycles. The number of nitrogens with one attached hydrogen (secondary N) is 1. The molecule has 5 heteroatoms. The highest BCUT2D eigenvalue weighted by Gasteiger charge is 2.27. The predicted octanol–water partition coefficient (Wildman–Crippen LogP) is 4.06. The maximum Gasteiger partial charge on any atom is 0.317 e. The molecule has 0 bridgehead atoms. The highest BCUT2D eigenvalue weighted by molar-refractivity contribution is 6.30. The van der Waals surface area contributed by atoms with Crippen LogP contribution in [0.25, 0.3) is 0 Å². The summed E-state index contributed by atoms with van der Waals surface area (Å²) < 4.78 is 0. The first kappa shape index (κ1) is 17.4. The molecular formula is C19H28ClN3O. The molecule has 0 aliphatic carbocycles. The lowest BCUT2D eigenvalue weighted by molar-refractivity contribution is 0.157. The summed E-state index contributed by atoms with van der Waals surface area (Å²) in [4.78, 5) is 16.8. The van der Waals surface area contributed by atoms with Gasteiger partial charge in [0.15, 0.2) is 0 Å². The minimum absolute atomic E-state index is 0.111. The van der Waals surface area contributed by atoms with Crippen LogP contribution >= 0.6 is 11.6 Å². The fourth-order valence-corrected chi connectivity index (χ4v) is 4.04. The molecule has 2 fully saturated rings. The van der Waals surface area contributed by atoms with Gasteiger partial charge in [0.2, 0.25) is 0 Å². The number of likely N-dealkylation sites (tertiary alicyclic amines) is 1. The van der Waals surface area contributed by atoms with Crippen LogP contribution in [0.1, 0.15) is 38.2 Å². The second kappa shape index (κ2) is 7.64. The van der Waals surface area contributed by atoms with Crippen molar-refractivity contribution in [3.8, 4) is 0 Å². The Balaban J connectivity index is 1.51. The number of piperidine rings is 1. The van der Waals surface area contributed by atoms with Crippen LogP contribution in [0.3, 0.4) is 0 Å². The first-order chi connectivity index (χ1) is 11.5. The van der Waals surface area contributed by atoms with E-state index >= 15 is 0 Å². The Labute approximate surface area is 150 Å². The van der Waals surface area contributed by atoms with Crippen molar-refractivity contribution in [3.05, 3.63) is 28.8 Å². The van der Waals surface area contributed by atoms with E-state index in [9.17, 15) is 4.79 Å². The molecule has 1 aromatic rings.